The fourth-order valence-electron chi connectivity index (χ4n) is 4.50. The molecule has 1 heterocycles. The van der Waals surface area contributed by atoms with E-state index in [-0.39, 0.29) is 54.9 Å². The SMILES string of the molecule is CCOc1cc(CC(=O)NC(CC(C)C)c2ccccc2N2CCCCC2)ccc1C(=O)O.[H-].[Na+]. The van der Waals surface area contributed by atoms with Gasteiger partial charge in [-0.05, 0) is 67.9 Å². The first-order valence-corrected chi connectivity index (χ1v) is 12.0. The number of carbonyl (C=O) groups is 2. The molecule has 2 aromatic carbocycles. The van der Waals surface area contributed by atoms with Crippen molar-refractivity contribution in [1.82, 2.24) is 5.32 Å². The summed E-state index contributed by atoms with van der Waals surface area (Å²) in [7, 11) is 0. The van der Waals surface area contributed by atoms with Crippen LogP contribution in [0.25, 0.3) is 0 Å². The third-order valence-electron chi connectivity index (χ3n) is 5.99. The molecule has 1 fully saturated rings. The molecule has 1 aliphatic heterocycles. The standard InChI is InChI=1S/C27H36N2O4.Na.H/c1-4-33-25-17-20(12-13-22(25)27(31)32)18-26(30)28-23(16-19(2)3)21-10-6-7-11-24(21)29-14-8-5-9-15-29;;/h6-7,10-13,17,19,23H,4-5,8-9,14-16,18H2,1-3H3,(H,28,30)(H,31,32);;/q;+1;-1. The summed E-state index contributed by atoms with van der Waals surface area (Å²) in [5.74, 6) is -0.408. The van der Waals surface area contributed by atoms with Crippen molar-refractivity contribution < 1.29 is 50.4 Å². The van der Waals surface area contributed by atoms with Gasteiger partial charge in [-0.2, -0.15) is 0 Å². The molecule has 1 saturated heterocycles. The molecule has 0 spiro atoms. The number of benzene rings is 2. The average molecular weight is 477 g/mol. The van der Waals surface area contributed by atoms with Crippen molar-refractivity contribution in [2.24, 2.45) is 5.92 Å². The largest absolute Gasteiger partial charge is 1.00 e. The van der Waals surface area contributed by atoms with Crippen LogP contribution < -0.4 is 44.5 Å². The van der Waals surface area contributed by atoms with Gasteiger partial charge in [0.25, 0.3) is 0 Å². The average Bonchev–Trinajstić information content (AvgIpc) is 2.79. The number of hydrogen-bond donors (Lipinski definition) is 2. The van der Waals surface area contributed by atoms with Gasteiger partial charge >= 0.3 is 35.5 Å². The van der Waals surface area contributed by atoms with Gasteiger partial charge in [-0.25, -0.2) is 4.79 Å². The zero-order chi connectivity index (χ0) is 23.8. The van der Waals surface area contributed by atoms with Gasteiger partial charge in [-0.1, -0.05) is 38.1 Å². The summed E-state index contributed by atoms with van der Waals surface area (Å²) < 4.78 is 5.49. The topological polar surface area (TPSA) is 78.9 Å². The fourth-order valence-corrected chi connectivity index (χ4v) is 4.50. The zero-order valence-electron chi connectivity index (χ0n) is 22.0. The van der Waals surface area contributed by atoms with Gasteiger partial charge in [0.1, 0.15) is 11.3 Å². The Kier molecular flexibility index (Phi) is 11.4. The van der Waals surface area contributed by atoms with Crippen molar-refractivity contribution >= 4 is 17.6 Å². The Morgan fingerprint density at radius 1 is 1.12 bits per heavy atom. The predicted molar refractivity (Wildman–Crippen MR) is 132 cm³/mol. The van der Waals surface area contributed by atoms with Gasteiger partial charge in [0.15, 0.2) is 0 Å². The van der Waals surface area contributed by atoms with Crippen LogP contribution in [-0.2, 0) is 11.2 Å². The Hall–Kier alpha value is -2.02. The van der Waals surface area contributed by atoms with E-state index < -0.39 is 5.97 Å². The van der Waals surface area contributed by atoms with E-state index >= 15 is 0 Å². The minimum Gasteiger partial charge on any atom is -1.00 e. The molecular weight excluding hydrogens is 439 g/mol. The Morgan fingerprint density at radius 2 is 1.82 bits per heavy atom. The van der Waals surface area contributed by atoms with Crippen LogP contribution >= 0.6 is 0 Å². The number of hydrogen-bond acceptors (Lipinski definition) is 4. The minimum absolute atomic E-state index is 0. The monoisotopic (exact) mass is 476 g/mol. The van der Waals surface area contributed by atoms with Crippen LogP contribution in [0.5, 0.6) is 5.75 Å². The van der Waals surface area contributed by atoms with Gasteiger partial charge in [0, 0.05) is 18.8 Å². The van der Waals surface area contributed by atoms with Crippen LogP contribution in [0.1, 0.15) is 75.4 Å². The van der Waals surface area contributed by atoms with Crippen LogP contribution in [0.2, 0.25) is 0 Å². The van der Waals surface area contributed by atoms with E-state index in [1.165, 1.54) is 31.0 Å². The number of carboxylic acids is 1. The molecule has 1 unspecified atom stereocenters. The van der Waals surface area contributed by atoms with E-state index in [1.807, 2.05) is 6.07 Å². The summed E-state index contributed by atoms with van der Waals surface area (Å²) in [5.41, 5.74) is 3.22. The van der Waals surface area contributed by atoms with E-state index in [0.29, 0.717) is 18.3 Å². The van der Waals surface area contributed by atoms with Gasteiger partial charge < -0.3 is 21.5 Å². The van der Waals surface area contributed by atoms with E-state index in [4.69, 9.17) is 4.74 Å². The second-order valence-corrected chi connectivity index (χ2v) is 9.10. The Morgan fingerprint density at radius 3 is 2.47 bits per heavy atom. The van der Waals surface area contributed by atoms with Gasteiger partial charge in [0.2, 0.25) is 5.91 Å². The molecule has 34 heavy (non-hydrogen) atoms. The smallest absolute Gasteiger partial charge is 1.00 e. The van der Waals surface area contributed by atoms with Crippen LogP contribution in [0.15, 0.2) is 42.5 Å². The van der Waals surface area contributed by atoms with Crippen molar-refractivity contribution in [3.05, 3.63) is 59.2 Å². The summed E-state index contributed by atoms with van der Waals surface area (Å²) in [6.45, 7) is 8.61. The molecule has 1 atom stereocenters. The van der Waals surface area contributed by atoms with Crippen molar-refractivity contribution in [2.45, 2.75) is 58.9 Å². The molecular formula is C27H37N2NaO4. The van der Waals surface area contributed by atoms with E-state index in [0.717, 1.165) is 30.6 Å². The number of carboxylic acid groups (broad SMARTS) is 1. The number of aromatic carboxylic acids is 1. The molecule has 7 heteroatoms. The molecule has 0 bridgehead atoms. The molecule has 0 radical (unpaired) electrons. The summed E-state index contributed by atoms with van der Waals surface area (Å²) >= 11 is 0. The van der Waals surface area contributed by atoms with Crippen molar-refractivity contribution in [1.29, 1.82) is 0 Å². The molecule has 0 aliphatic carbocycles. The van der Waals surface area contributed by atoms with E-state index in [1.54, 1.807) is 19.1 Å². The van der Waals surface area contributed by atoms with Crippen LogP contribution in [0, 0.1) is 5.92 Å². The molecule has 6 nitrogen and oxygen atoms in total. The predicted octanol–water partition coefficient (Wildman–Crippen LogP) is 2.34. The third kappa shape index (κ3) is 7.76. The van der Waals surface area contributed by atoms with Gasteiger partial charge in [-0.15, -0.1) is 0 Å². The molecule has 180 valence electrons. The van der Waals surface area contributed by atoms with Crippen molar-refractivity contribution in [3.63, 3.8) is 0 Å². The van der Waals surface area contributed by atoms with Crippen LogP contribution in [0.4, 0.5) is 5.69 Å². The van der Waals surface area contributed by atoms with E-state index in [9.17, 15) is 14.7 Å². The maximum absolute atomic E-state index is 13.1. The Bertz CT molecular complexity index is 964. The minimum atomic E-state index is -1.04. The third-order valence-corrected chi connectivity index (χ3v) is 5.99. The molecule has 0 saturated carbocycles. The molecule has 1 amide bonds. The second-order valence-electron chi connectivity index (χ2n) is 9.10. The van der Waals surface area contributed by atoms with E-state index in [2.05, 4.69) is 42.3 Å². The quantitative estimate of drug-likeness (QED) is 0.515. The van der Waals surface area contributed by atoms with Crippen LogP contribution in [0.3, 0.4) is 0 Å². The molecule has 1 aliphatic rings. The molecule has 2 N–H and O–H groups in total. The number of rotatable bonds is 10. The number of nitrogens with one attached hydrogen (secondary N) is 1. The fraction of sp³-hybridized carbons (Fsp3) is 0.481. The summed E-state index contributed by atoms with van der Waals surface area (Å²) in [5, 5.41) is 12.6. The number of anilines is 1. The molecule has 0 aromatic heterocycles. The summed E-state index contributed by atoms with van der Waals surface area (Å²) in [4.78, 5) is 26.9. The van der Waals surface area contributed by atoms with Crippen LogP contribution in [-0.4, -0.2) is 36.7 Å². The molecule has 2 aromatic rings. The number of piperidine rings is 1. The Balaban J connectivity index is 0.00000306. The normalized spacial score (nSPS) is 14.3. The maximum atomic E-state index is 13.1. The first-order valence-electron chi connectivity index (χ1n) is 12.0. The zero-order valence-corrected chi connectivity index (χ0v) is 23.0. The maximum Gasteiger partial charge on any atom is 1.00 e. The van der Waals surface area contributed by atoms with Crippen molar-refractivity contribution in [3.8, 4) is 5.75 Å². The number of amides is 1. The number of carbonyl (C=O) groups excluding carboxylic acids is 1. The van der Waals surface area contributed by atoms with Gasteiger partial charge in [0.05, 0.1) is 19.1 Å². The Labute approximate surface area is 226 Å². The first-order chi connectivity index (χ1) is 15.9. The molecule has 3 rings (SSSR count). The first kappa shape index (κ1) is 28.2. The van der Waals surface area contributed by atoms with Crippen molar-refractivity contribution in [2.75, 3.05) is 24.6 Å². The number of nitrogens with zero attached hydrogens (tertiary/aromatic N) is 1. The second kappa shape index (κ2) is 13.8. The number of ether oxygens (including phenoxy) is 1. The summed E-state index contributed by atoms with van der Waals surface area (Å²) in [6, 6.07) is 13.2. The number of para-hydroxylation sites is 1. The van der Waals surface area contributed by atoms with Gasteiger partial charge in [-0.3, -0.25) is 4.79 Å². The summed E-state index contributed by atoms with van der Waals surface area (Å²) in [6.07, 6.45) is 4.68.